The Morgan fingerprint density at radius 1 is 1.21 bits per heavy atom. The van der Waals surface area contributed by atoms with Crippen molar-refractivity contribution in [3.63, 3.8) is 0 Å². The van der Waals surface area contributed by atoms with Gasteiger partial charge in [0.1, 0.15) is 0 Å². The Morgan fingerprint density at radius 3 is 2.84 bits per heavy atom. The first-order valence-electron chi connectivity index (χ1n) is 6.06. The SMILES string of the molecule is CC1=Nc2ncccc2C(c2cccc(N)c2)C1=O. The molecule has 0 bridgehead atoms. The number of anilines is 1. The van der Waals surface area contributed by atoms with E-state index >= 15 is 0 Å². The van der Waals surface area contributed by atoms with E-state index in [0.717, 1.165) is 11.1 Å². The Hall–Kier alpha value is -2.49. The third-order valence-corrected chi connectivity index (χ3v) is 3.26. The van der Waals surface area contributed by atoms with Gasteiger partial charge in [-0.1, -0.05) is 18.2 Å². The van der Waals surface area contributed by atoms with Crippen molar-refractivity contribution in [2.45, 2.75) is 12.8 Å². The number of aliphatic imine (C=N–C) groups is 1. The molecule has 19 heavy (non-hydrogen) atoms. The Bertz CT molecular complexity index is 691. The van der Waals surface area contributed by atoms with Crippen LogP contribution in [0.2, 0.25) is 0 Å². The smallest absolute Gasteiger partial charge is 0.188 e. The van der Waals surface area contributed by atoms with Crippen molar-refractivity contribution in [3.05, 3.63) is 53.7 Å². The Balaban J connectivity index is 2.20. The number of fused-ring (bicyclic) bond motifs is 1. The quantitative estimate of drug-likeness (QED) is 0.791. The molecule has 94 valence electrons. The zero-order valence-corrected chi connectivity index (χ0v) is 10.5. The fourth-order valence-corrected chi connectivity index (χ4v) is 2.36. The summed E-state index contributed by atoms with van der Waals surface area (Å²) in [5.41, 5.74) is 8.66. The number of hydrogen-bond acceptors (Lipinski definition) is 4. The van der Waals surface area contributed by atoms with Gasteiger partial charge in [-0.2, -0.15) is 0 Å². The molecule has 0 aliphatic carbocycles. The topological polar surface area (TPSA) is 68.3 Å². The molecule has 1 aliphatic rings. The minimum absolute atomic E-state index is 0.00565. The van der Waals surface area contributed by atoms with E-state index in [-0.39, 0.29) is 11.7 Å². The third kappa shape index (κ3) is 1.91. The summed E-state index contributed by atoms with van der Waals surface area (Å²) in [6.07, 6.45) is 1.68. The number of nitrogens with zero attached hydrogens (tertiary/aromatic N) is 2. The number of ketones is 1. The van der Waals surface area contributed by atoms with Crippen LogP contribution in [-0.2, 0) is 4.79 Å². The van der Waals surface area contributed by atoms with Gasteiger partial charge >= 0.3 is 0 Å². The number of nitrogens with two attached hydrogens (primary N) is 1. The maximum atomic E-state index is 12.4. The number of carbonyl (C=O) groups excluding carboxylic acids is 1. The van der Waals surface area contributed by atoms with Crippen LogP contribution in [0.1, 0.15) is 24.0 Å². The number of nitrogen functional groups attached to an aromatic ring is 1. The maximum absolute atomic E-state index is 12.4. The molecule has 0 amide bonds. The van der Waals surface area contributed by atoms with Crippen LogP contribution in [0.5, 0.6) is 0 Å². The number of Topliss-reactive ketones (excluding diaryl/α,β-unsaturated/α-hetero) is 1. The molecule has 2 N–H and O–H groups in total. The van der Waals surface area contributed by atoms with Crippen LogP contribution >= 0.6 is 0 Å². The molecule has 0 radical (unpaired) electrons. The molecule has 3 rings (SSSR count). The highest BCUT2D eigenvalue weighted by atomic mass is 16.1. The van der Waals surface area contributed by atoms with Crippen molar-refractivity contribution in [1.82, 2.24) is 4.98 Å². The summed E-state index contributed by atoms with van der Waals surface area (Å²) >= 11 is 0. The van der Waals surface area contributed by atoms with Gasteiger partial charge in [-0.3, -0.25) is 4.79 Å². The van der Waals surface area contributed by atoms with E-state index < -0.39 is 0 Å². The van der Waals surface area contributed by atoms with Gasteiger partial charge in [0.2, 0.25) is 0 Å². The first kappa shape index (κ1) is 11.6. The van der Waals surface area contributed by atoms with Gasteiger partial charge in [-0.15, -0.1) is 0 Å². The highest BCUT2D eigenvalue weighted by Gasteiger charge is 2.31. The summed E-state index contributed by atoms with van der Waals surface area (Å²) in [6.45, 7) is 1.72. The second-order valence-corrected chi connectivity index (χ2v) is 4.58. The van der Waals surface area contributed by atoms with Crippen LogP contribution in [-0.4, -0.2) is 16.5 Å². The molecular formula is C15H13N3O. The summed E-state index contributed by atoms with van der Waals surface area (Å²) in [5.74, 6) is 0.267. The second kappa shape index (κ2) is 4.31. The molecule has 1 atom stereocenters. The van der Waals surface area contributed by atoms with Gasteiger partial charge in [-0.25, -0.2) is 9.98 Å². The van der Waals surface area contributed by atoms with Gasteiger partial charge in [0.25, 0.3) is 0 Å². The van der Waals surface area contributed by atoms with E-state index in [1.54, 1.807) is 13.1 Å². The van der Waals surface area contributed by atoms with Crippen molar-refractivity contribution < 1.29 is 4.79 Å². The first-order valence-corrected chi connectivity index (χ1v) is 6.06. The zero-order valence-electron chi connectivity index (χ0n) is 10.5. The average Bonchev–Trinajstić information content (AvgIpc) is 2.40. The Labute approximate surface area is 111 Å². The van der Waals surface area contributed by atoms with E-state index in [4.69, 9.17) is 5.73 Å². The summed E-state index contributed by atoms with van der Waals surface area (Å²) in [7, 11) is 0. The van der Waals surface area contributed by atoms with Gasteiger partial charge in [0, 0.05) is 17.4 Å². The van der Waals surface area contributed by atoms with E-state index in [9.17, 15) is 4.79 Å². The van der Waals surface area contributed by atoms with Crippen molar-refractivity contribution in [2.24, 2.45) is 4.99 Å². The van der Waals surface area contributed by atoms with Gasteiger partial charge < -0.3 is 5.73 Å². The average molecular weight is 251 g/mol. The van der Waals surface area contributed by atoms with Gasteiger partial charge in [-0.05, 0) is 30.7 Å². The van der Waals surface area contributed by atoms with E-state index in [2.05, 4.69) is 9.98 Å². The predicted octanol–water partition coefficient (Wildman–Crippen LogP) is 2.47. The molecule has 0 saturated heterocycles. The number of aromatic nitrogens is 1. The molecular weight excluding hydrogens is 238 g/mol. The van der Waals surface area contributed by atoms with Crippen LogP contribution in [0.25, 0.3) is 0 Å². The number of hydrogen-bond donors (Lipinski definition) is 1. The molecule has 1 aliphatic heterocycles. The minimum Gasteiger partial charge on any atom is -0.399 e. The first-order chi connectivity index (χ1) is 9.16. The van der Waals surface area contributed by atoms with Crippen molar-refractivity contribution in [3.8, 4) is 0 Å². The lowest BCUT2D eigenvalue weighted by Gasteiger charge is -2.22. The highest BCUT2D eigenvalue weighted by Crippen LogP contribution is 2.35. The fraction of sp³-hybridized carbons (Fsp3) is 0.133. The number of carbonyl (C=O) groups is 1. The highest BCUT2D eigenvalue weighted by molar-refractivity contribution is 6.43. The third-order valence-electron chi connectivity index (χ3n) is 3.26. The Morgan fingerprint density at radius 2 is 2.05 bits per heavy atom. The largest absolute Gasteiger partial charge is 0.399 e. The lowest BCUT2D eigenvalue weighted by molar-refractivity contribution is -0.113. The standard InChI is InChI=1S/C15H13N3O/c1-9-14(19)13(10-4-2-5-11(16)8-10)12-6-3-7-17-15(12)18-9/h2-8,13H,16H2,1H3. The minimum atomic E-state index is -0.357. The molecule has 4 heteroatoms. The molecule has 2 heterocycles. The van der Waals surface area contributed by atoms with E-state index in [0.29, 0.717) is 17.2 Å². The molecule has 1 unspecified atom stereocenters. The molecule has 0 fully saturated rings. The molecule has 4 nitrogen and oxygen atoms in total. The van der Waals surface area contributed by atoms with Crippen LogP contribution < -0.4 is 5.73 Å². The molecule has 2 aromatic rings. The van der Waals surface area contributed by atoms with Crippen LogP contribution in [0.3, 0.4) is 0 Å². The Kier molecular flexibility index (Phi) is 2.63. The number of rotatable bonds is 1. The second-order valence-electron chi connectivity index (χ2n) is 4.58. The number of benzene rings is 1. The molecule has 1 aromatic heterocycles. The van der Waals surface area contributed by atoms with Crippen molar-refractivity contribution >= 4 is 23.0 Å². The summed E-state index contributed by atoms with van der Waals surface area (Å²) in [4.78, 5) is 20.9. The number of pyridine rings is 1. The lowest BCUT2D eigenvalue weighted by Crippen LogP contribution is -2.24. The van der Waals surface area contributed by atoms with E-state index in [1.807, 2.05) is 36.4 Å². The van der Waals surface area contributed by atoms with Crippen LogP contribution in [0.4, 0.5) is 11.5 Å². The van der Waals surface area contributed by atoms with Crippen molar-refractivity contribution in [1.29, 1.82) is 0 Å². The van der Waals surface area contributed by atoms with E-state index in [1.165, 1.54) is 0 Å². The predicted molar refractivity (Wildman–Crippen MR) is 74.7 cm³/mol. The summed E-state index contributed by atoms with van der Waals surface area (Å²) < 4.78 is 0. The maximum Gasteiger partial charge on any atom is 0.188 e. The van der Waals surface area contributed by atoms with Crippen LogP contribution in [0, 0.1) is 0 Å². The normalized spacial score (nSPS) is 17.8. The lowest BCUT2D eigenvalue weighted by atomic mass is 9.84. The molecule has 0 spiro atoms. The monoisotopic (exact) mass is 251 g/mol. The molecule has 0 saturated carbocycles. The summed E-state index contributed by atoms with van der Waals surface area (Å²) in [6, 6.07) is 11.1. The van der Waals surface area contributed by atoms with Crippen molar-refractivity contribution in [2.75, 3.05) is 5.73 Å². The summed E-state index contributed by atoms with van der Waals surface area (Å²) in [5, 5.41) is 0. The molecule has 1 aromatic carbocycles. The van der Waals surface area contributed by atoms with Crippen LogP contribution in [0.15, 0.2) is 47.6 Å². The zero-order chi connectivity index (χ0) is 13.4. The van der Waals surface area contributed by atoms with Gasteiger partial charge in [0.05, 0.1) is 11.6 Å². The fourth-order valence-electron chi connectivity index (χ4n) is 2.36. The van der Waals surface area contributed by atoms with Gasteiger partial charge in [0.15, 0.2) is 11.6 Å².